The standard InChI is InChI=1S/C17H22N4O2S/c1-2-18-17(21-12-13-6-5-11-24-13)20-10-9-19-16(23)14-7-3-4-8-15(14)22/h3-8,11,22H,2,9-10,12H2,1H3,(H,19,23)(H2,18,20,21). The van der Waals surface area contributed by atoms with Gasteiger partial charge in [-0.25, -0.2) is 4.99 Å². The number of para-hydroxylation sites is 1. The molecule has 128 valence electrons. The van der Waals surface area contributed by atoms with Gasteiger partial charge in [0.15, 0.2) is 5.96 Å². The molecule has 4 N–H and O–H groups in total. The van der Waals surface area contributed by atoms with E-state index >= 15 is 0 Å². The Morgan fingerprint density at radius 1 is 1.12 bits per heavy atom. The van der Waals surface area contributed by atoms with Crippen LogP contribution in [-0.2, 0) is 6.54 Å². The minimum Gasteiger partial charge on any atom is -0.507 e. The maximum absolute atomic E-state index is 12.0. The van der Waals surface area contributed by atoms with Gasteiger partial charge in [0.1, 0.15) is 5.75 Å². The molecule has 0 fully saturated rings. The summed E-state index contributed by atoms with van der Waals surface area (Å²) < 4.78 is 0. The lowest BCUT2D eigenvalue weighted by Gasteiger charge is -2.12. The molecule has 0 saturated heterocycles. The van der Waals surface area contributed by atoms with Gasteiger partial charge in [-0.05, 0) is 30.5 Å². The van der Waals surface area contributed by atoms with Gasteiger partial charge in [-0.15, -0.1) is 11.3 Å². The summed E-state index contributed by atoms with van der Waals surface area (Å²) in [7, 11) is 0. The van der Waals surface area contributed by atoms with Gasteiger partial charge < -0.3 is 21.1 Å². The Bertz CT molecular complexity index is 671. The summed E-state index contributed by atoms with van der Waals surface area (Å²) in [6.07, 6.45) is 0. The molecule has 0 aliphatic rings. The van der Waals surface area contributed by atoms with Crippen molar-refractivity contribution in [1.82, 2.24) is 16.0 Å². The van der Waals surface area contributed by atoms with E-state index in [-0.39, 0.29) is 17.2 Å². The van der Waals surface area contributed by atoms with Crippen LogP contribution in [0.5, 0.6) is 5.75 Å². The second kappa shape index (κ2) is 9.57. The second-order valence-electron chi connectivity index (χ2n) is 4.97. The molecule has 24 heavy (non-hydrogen) atoms. The number of benzene rings is 1. The highest BCUT2D eigenvalue weighted by Gasteiger charge is 2.09. The van der Waals surface area contributed by atoms with Crippen molar-refractivity contribution >= 4 is 23.2 Å². The molecule has 0 aliphatic carbocycles. The van der Waals surface area contributed by atoms with Crippen LogP contribution in [0.2, 0.25) is 0 Å². The first-order valence-electron chi connectivity index (χ1n) is 7.81. The fraction of sp³-hybridized carbons (Fsp3) is 0.294. The third kappa shape index (κ3) is 5.58. The zero-order valence-electron chi connectivity index (χ0n) is 13.6. The monoisotopic (exact) mass is 346 g/mol. The molecule has 0 spiro atoms. The predicted octanol–water partition coefficient (Wildman–Crippen LogP) is 1.94. The zero-order valence-corrected chi connectivity index (χ0v) is 14.4. The molecule has 7 heteroatoms. The maximum Gasteiger partial charge on any atom is 0.255 e. The van der Waals surface area contributed by atoms with Crippen LogP contribution < -0.4 is 16.0 Å². The first kappa shape index (κ1) is 17.8. The van der Waals surface area contributed by atoms with E-state index in [1.54, 1.807) is 29.5 Å². The number of rotatable bonds is 7. The molecule has 0 unspecified atom stereocenters. The molecule has 1 amide bonds. The van der Waals surface area contributed by atoms with Crippen LogP contribution in [0.3, 0.4) is 0 Å². The number of amides is 1. The number of hydrogen-bond acceptors (Lipinski definition) is 4. The van der Waals surface area contributed by atoms with Gasteiger partial charge in [-0.1, -0.05) is 18.2 Å². The number of thiophene rings is 1. The smallest absolute Gasteiger partial charge is 0.255 e. The quantitative estimate of drug-likeness (QED) is 0.351. The molecule has 0 radical (unpaired) electrons. The Hall–Kier alpha value is -2.54. The number of carbonyl (C=O) groups is 1. The third-order valence-corrected chi connectivity index (χ3v) is 4.03. The van der Waals surface area contributed by atoms with Crippen LogP contribution in [0, 0.1) is 0 Å². The molecule has 2 rings (SSSR count). The van der Waals surface area contributed by atoms with Crippen molar-refractivity contribution in [3.8, 4) is 5.75 Å². The molecular weight excluding hydrogens is 324 g/mol. The average Bonchev–Trinajstić information content (AvgIpc) is 3.10. The number of aromatic hydroxyl groups is 1. The Kier molecular flexibility index (Phi) is 7.10. The molecular formula is C17H22N4O2S. The molecule has 6 nitrogen and oxygen atoms in total. The van der Waals surface area contributed by atoms with Gasteiger partial charge in [-0.2, -0.15) is 0 Å². The van der Waals surface area contributed by atoms with Crippen molar-refractivity contribution in [2.45, 2.75) is 13.5 Å². The van der Waals surface area contributed by atoms with Crippen molar-refractivity contribution in [2.75, 3.05) is 19.6 Å². The highest BCUT2D eigenvalue weighted by molar-refractivity contribution is 7.09. The number of phenolic OH excluding ortho intramolecular Hbond substituents is 1. The summed E-state index contributed by atoms with van der Waals surface area (Å²) >= 11 is 1.67. The van der Waals surface area contributed by atoms with E-state index in [0.717, 1.165) is 6.54 Å². The summed E-state index contributed by atoms with van der Waals surface area (Å²) in [5, 5.41) is 20.8. The van der Waals surface area contributed by atoms with Crippen LogP contribution in [0.15, 0.2) is 46.8 Å². The van der Waals surface area contributed by atoms with Crippen LogP contribution in [0.4, 0.5) is 0 Å². The van der Waals surface area contributed by atoms with Crippen LogP contribution in [-0.4, -0.2) is 36.6 Å². The van der Waals surface area contributed by atoms with Crippen molar-refractivity contribution in [2.24, 2.45) is 4.99 Å². The number of carbonyl (C=O) groups excluding carboxylic acids is 1. The van der Waals surface area contributed by atoms with Gasteiger partial charge in [0.25, 0.3) is 5.91 Å². The minimum atomic E-state index is -0.296. The molecule has 0 saturated carbocycles. The van der Waals surface area contributed by atoms with Gasteiger partial charge in [-0.3, -0.25) is 4.79 Å². The topological polar surface area (TPSA) is 85.8 Å². The molecule has 1 aromatic carbocycles. The lowest BCUT2D eigenvalue weighted by molar-refractivity contribution is 0.0951. The number of nitrogens with zero attached hydrogens (tertiary/aromatic N) is 1. The van der Waals surface area contributed by atoms with E-state index in [9.17, 15) is 9.90 Å². The molecule has 1 aromatic heterocycles. The Morgan fingerprint density at radius 2 is 1.92 bits per heavy atom. The van der Waals surface area contributed by atoms with Gasteiger partial charge in [0.05, 0.1) is 12.1 Å². The van der Waals surface area contributed by atoms with E-state index < -0.39 is 0 Å². The lowest BCUT2D eigenvalue weighted by Crippen LogP contribution is -2.41. The number of phenols is 1. The van der Waals surface area contributed by atoms with Crippen molar-refractivity contribution < 1.29 is 9.90 Å². The maximum atomic E-state index is 12.0. The summed E-state index contributed by atoms with van der Waals surface area (Å²) in [6.45, 7) is 4.35. The fourth-order valence-electron chi connectivity index (χ4n) is 2.02. The zero-order chi connectivity index (χ0) is 17.2. The first-order chi connectivity index (χ1) is 11.7. The minimum absolute atomic E-state index is 0.0196. The molecule has 0 aliphatic heterocycles. The molecule has 0 atom stereocenters. The lowest BCUT2D eigenvalue weighted by atomic mass is 10.2. The van der Waals surface area contributed by atoms with Crippen molar-refractivity contribution in [1.29, 1.82) is 0 Å². The summed E-state index contributed by atoms with van der Waals surface area (Å²) in [5.74, 6) is 0.395. The highest BCUT2D eigenvalue weighted by atomic mass is 32.1. The number of hydrogen-bond donors (Lipinski definition) is 4. The van der Waals surface area contributed by atoms with Crippen LogP contribution >= 0.6 is 11.3 Å². The SMILES string of the molecule is CCNC(=NCc1cccs1)NCCNC(=O)c1ccccc1O. The second-order valence-corrected chi connectivity index (χ2v) is 6.01. The largest absolute Gasteiger partial charge is 0.507 e. The molecule has 1 heterocycles. The van der Waals surface area contributed by atoms with Gasteiger partial charge >= 0.3 is 0 Å². The summed E-state index contributed by atoms with van der Waals surface area (Å²) in [4.78, 5) is 17.7. The van der Waals surface area contributed by atoms with E-state index in [1.807, 2.05) is 24.4 Å². The van der Waals surface area contributed by atoms with E-state index in [4.69, 9.17) is 0 Å². The van der Waals surface area contributed by atoms with Crippen LogP contribution in [0.25, 0.3) is 0 Å². The van der Waals surface area contributed by atoms with Gasteiger partial charge in [0.2, 0.25) is 0 Å². The predicted molar refractivity (Wildman–Crippen MR) is 97.6 cm³/mol. The first-order valence-corrected chi connectivity index (χ1v) is 8.69. The Morgan fingerprint density at radius 3 is 2.62 bits per heavy atom. The molecule has 2 aromatic rings. The van der Waals surface area contributed by atoms with E-state index in [1.165, 1.54) is 10.9 Å². The fourth-order valence-corrected chi connectivity index (χ4v) is 2.65. The number of nitrogens with one attached hydrogen (secondary N) is 3. The molecule has 0 bridgehead atoms. The number of guanidine groups is 1. The van der Waals surface area contributed by atoms with E-state index in [2.05, 4.69) is 20.9 Å². The highest BCUT2D eigenvalue weighted by Crippen LogP contribution is 2.14. The van der Waals surface area contributed by atoms with Crippen molar-refractivity contribution in [3.63, 3.8) is 0 Å². The van der Waals surface area contributed by atoms with Crippen LogP contribution in [0.1, 0.15) is 22.2 Å². The number of aliphatic imine (C=N–C) groups is 1. The summed E-state index contributed by atoms with van der Waals surface area (Å²) in [6, 6.07) is 10.5. The van der Waals surface area contributed by atoms with Crippen molar-refractivity contribution in [3.05, 3.63) is 52.2 Å². The Labute approximate surface area is 145 Å². The normalized spacial score (nSPS) is 11.1. The average molecular weight is 346 g/mol. The van der Waals surface area contributed by atoms with Gasteiger partial charge in [0, 0.05) is 24.5 Å². The summed E-state index contributed by atoms with van der Waals surface area (Å²) in [5.41, 5.74) is 0.274. The Balaban J connectivity index is 1.77. The van der Waals surface area contributed by atoms with E-state index in [0.29, 0.717) is 25.6 Å². The third-order valence-electron chi connectivity index (χ3n) is 3.17.